The van der Waals surface area contributed by atoms with E-state index in [2.05, 4.69) is 5.48 Å². The molecule has 0 aliphatic carbocycles. The van der Waals surface area contributed by atoms with Gasteiger partial charge >= 0.3 is 0 Å². The van der Waals surface area contributed by atoms with Crippen LogP contribution in [0.5, 0.6) is 0 Å². The number of amides is 1. The maximum Gasteiger partial charge on any atom is 0.254 e. The van der Waals surface area contributed by atoms with Crippen LogP contribution in [-0.2, 0) is 31.7 Å². The number of carbonyl (C=O) groups excluding carboxylic acids is 1. The Morgan fingerprint density at radius 2 is 1.61 bits per heavy atom. The van der Waals surface area contributed by atoms with E-state index in [1.807, 2.05) is 60.7 Å². The highest BCUT2D eigenvalue weighted by Crippen LogP contribution is 2.36. The van der Waals surface area contributed by atoms with Crippen molar-refractivity contribution in [3.05, 3.63) is 71.8 Å². The van der Waals surface area contributed by atoms with Crippen LogP contribution in [0.1, 0.15) is 30.9 Å². The Bertz CT molecular complexity index is 877. The van der Waals surface area contributed by atoms with Gasteiger partial charge in [-0.3, -0.25) is 9.63 Å². The van der Waals surface area contributed by atoms with Crippen LogP contribution in [0, 0.1) is 0 Å². The molecule has 150 valence electrons. The topological polar surface area (TPSA) is 75.7 Å². The Morgan fingerprint density at radius 1 is 1.04 bits per heavy atom. The summed E-state index contributed by atoms with van der Waals surface area (Å²) in [4.78, 5) is 18.6. The standard InChI is InChI=1S/C21H26N2O4S/c1-2-28(25,26)23-15-13-21(14-16-23,19-11-7-4-8-12-19)20(24)22-27-17-18-9-5-3-6-10-18/h3-12H,2,13-17H2,1H3,(H,22,24). The van der Waals surface area contributed by atoms with Crippen molar-refractivity contribution in [2.75, 3.05) is 18.8 Å². The lowest BCUT2D eigenvalue weighted by Crippen LogP contribution is -2.52. The predicted molar refractivity (Wildman–Crippen MR) is 108 cm³/mol. The van der Waals surface area contributed by atoms with Gasteiger partial charge in [0.1, 0.15) is 0 Å². The molecule has 0 atom stereocenters. The summed E-state index contributed by atoms with van der Waals surface area (Å²) in [5.41, 5.74) is 3.63. The molecule has 3 rings (SSSR count). The van der Waals surface area contributed by atoms with Gasteiger partial charge in [-0.1, -0.05) is 60.7 Å². The zero-order valence-corrected chi connectivity index (χ0v) is 16.8. The lowest BCUT2D eigenvalue weighted by molar-refractivity contribution is -0.142. The highest BCUT2D eigenvalue weighted by atomic mass is 32.2. The Labute approximate surface area is 166 Å². The first-order valence-corrected chi connectivity index (χ1v) is 11.1. The third-order valence-electron chi connectivity index (χ3n) is 5.34. The van der Waals surface area contributed by atoms with Crippen LogP contribution in [-0.4, -0.2) is 37.5 Å². The van der Waals surface area contributed by atoms with Gasteiger partial charge in [-0.25, -0.2) is 18.2 Å². The molecular formula is C21H26N2O4S. The average molecular weight is 403 g/mol. The van der Waals surface area contributed by atoms with Crippen molar-refractivity contribution in [1.82, 2.24) is 9.79 Å². The van der Waals surface area contributed by atoms with E-state index in [9.17, 15) is 13.2 Å². The van der Waals surface area contributed by atoms with Crippen molar-refractivity contribution in [3.63, 3.8) is 0 Å². The van der Waals surface area contributed by atoms with Gasteiger partial charge in [0, 0.05) is 13.1 Å². The minimum atomic E-state index is -3.26. The smallest absolute Gasteiger partial charge is 0.254 e. The van der Waals surface area contributed by atoms with Crippen molar-refractivity contribution in [1.29, 1.82) is 0 Å². The molecule has 0 spiro atoms. The highest BCUT2D eigenvalue weighted by Gasteiger charge is 2.44. The Hall–Kier alpha value is -2.22. The normalized spacial score (nSPS) is 17.2. The molecule has 0 unspecified atom stereocenters. The van der Waals surface area contributed by atoms with Gasteiger partial charge in [0.2, 0.25) is 10.0 Å². The van der Waals surface area contributed by atoms with Gasteiger partial charge < -0.3 is 0 Å². The molecule has 2 aromatic rings. The van der Waals surface area contributed by atoms with Crippen LogP contribution in [0.4, 0.5) is 0 Å². The van der Waals surface area contributed by atoms with Gasteiger partial charge in [0.05, 0.1) is 17.8 Å². The van der Waals surface area contributed by atoms with Crippen molar-refractivity contribution in [2.24, 2.45) is 0 Å². The third kappa shape index (κ3) is 4.43. The molecular weight excluding hydrogens is 376 g/mol. The van der Waals surface area contributed by atoms with Gasteiger partial charge in [0.25, 0.3) is 5.91 Å². The molecule has 0 saturated carbocycles. The zero-order chi connectivity index (χ0) is 20.0. The van der Waals surface area contributed by atoms with Crippen molar-refractivity contribution in [3.8, 4) is 0 Å². The molecule has 0 radical (unpaired) electrons. The lowest BCUT2D eigenvalue weighted by Gasteiger charge is -2.40. The maximum absolute atomic E-state index is 13.1. The van der Waals surface area contributed by atoms with E-state index in [1.165, 1.54) is 4.31 Å². The molecule has 7 heteroatoms. The summed E-state index contributed by atoms with van der Waals surface area (Å²) in [7, 11) is -3.26. The fourth-order valence-corrected chi connectivity index (χ4v) is 4.69. The largest absolute Gasteiger partial charge is 0.272 e. The van der Waals surface area contributed by atoms with E-state index in [-0.39, 0.29) is 18.3 Å². The van der Waals surface area contributed by atoms with Gasteiger partial charge in [-0.15, -0.1) is 0 Å². The number of sulfonamides is 1. The summed E-state index contributed by atoms with van der Waals surface area (Å²) < 4.78 is 25.9. The molecule has 1 aliphatic heterocycles. The number of hydrogen-bond donors (Lipinski definition) is 1. The van der Waals surface area contributed by atoms with Gasteiger partial charge in [-0.05, 0) is 30.9 Å². The second-order valence-electron chi connectivity index (χ2n) is 6.95. The molecule has 6 nitrogen and oxygen atoms in total. The summed E-state index contributed by atoms with van der Waals surface area (Å²) in [5, 5.41) is 0. The maximum atomic E-state index is 13.1. The second kappa shape index (κ2) is 8.86. The zero-order valence-electron chi connectivity index (χ0n) is 16.0. The van der Waals surface area contributed by atoms with E-state index in [0.717, 1.165) is 11.1 Å². The van der Waals surface area contributed by atoms with E-state index in [1.54, 1.807) is 6.92 Å². The Kier molecular flexibility index (Phi) is 6.49. The summed E-state index contributed by atoms with van der Waals surface area (Å²) in [6.07, 6.45) is 0.827. The van der Waals surface area contributed by atoms with Crippen LogP contribution < -0.4 is 5.48 Å². The SMILES string of the molecule is CCS(=O)(=O)N1CCC(C(=O)NOCc2ccccc2)(c2ccccc2)CC1. The van der Waals surface area contributed by atoms with Crippen molar-refractivity contribution < 1.29 is 18.0 Å². The number of benzene rings is 2. The number of nitrogens with zero attached hydrogens (tertiary/aromatic N) is 1. The molecule has 2 aromatic carbocycles. The lowest BCUT2D eigenvalue weighted by atomic mass is 9.72. The number of hydrogen-bond acceptors (Lipinski definition) is 4. The molecule has 28 heavy (non-hydrogen) atoms. The molecule has 0 bridgehead atoms. The first-order chi connectivity index (χ1) is 13.5. The number of hydroxylamine groups is 1. The number of piperidine rings is 1. The van der Waals surface area contributed by atoms with E-state index in [0.29, 0.717) is 25.9 Å². The predicted octanol–water partition coefficient (Wildman–Crippen LogP) is 2.62. The fourth-order valence-electron chi connectivity index (χ4n) is 3.59. The molecule has 1 heterocycles. The summed E-state index contributed by atoms with van der Waals surface area (Å²) in [6, 6.07) is 19.1. The minimum Gasteiger partial charge on any atom is -0.272 e. The monoisotopic (exact) mass is 402 g/mol. The minimum absolute atomic E-state index is 0.0672. The van der Waals surface area contributed by atoms with Crippen LogP contribution in [0.3, 0.4) is 0 Å². The molecule has 1 amide bonds. The number of nitrogens with one attached hydrogen (secondary N) is 1. The highest BCUT2D eigenvalue weighted by molar-refractivity contribution is 7.89. The summed E-state index contributed by atoms with van der Waals surface area (Å²) >= 11 is 0. The summed E-state index contributed by atoms with van der Waals surface area (Å²) in [6.45, 7) is 2.54. The third-order valence-corrected chi connectivity index (χ3v) is 7.22. The number of rotatable bonds is 7. The van der Waals surface area contributed by atoms with Crippen LogP contribution >= 0.6 is 0 Å². The Morgan fingerprint density at radius 3 is 2.18 bits per heavy atom. The van der Waals surface area contributed by atoms with Crippen molar-refractivity contribution in [2.45, 2.75) is 31.8 Å². The molecule has 1 aliphatic rings. The quantitative estimate of drug-likeness (QED) is 0.723. The molecule has 1 N–H and O–H groups in total. The molecule has 1 fully saturated rings. The summed E-state index contributed by atoms with van der Waals surface area (Å²) in [5.74, 6) is -0.166. The first kappa shape index (κ1) is 20.5. The Balaban J connectivity index is 1.74. The van der Waals surface area contributed by atoms with E-state index < -0.39 is 15.4 Å². The average Bonchev–Trinajstić information content (AvgIpc) is 2.75. The molecule has 1 saturated heterocycles. The van der Waals surface area contributed by atoms with Crippen LogP contribution in [0.25, 0.3) is 0 Å². The fraction of sp³-hybridized carbons (Fsp3) is 0.381. The number of carbonyl (C=O) groups is 1. The van der Waals surface area contributed by atoms with E-state index in [4.69, 9.17) is 4.84 Å². The van der Waals surface area contributed by atoms with E-state index >= 15 is 0 Å². The van der Waals surface area contributed by atoms with Crippen LogP contribution in [0.15, 0.2) is 60.7 Å². The van der Waals surface area contributed by atoms with Gasteiger partial charge in [-0.2, -0.15) is 0 Å². The van der Waals surface area contributed by atoms with Gasteiger partial charge in [0.15, 0.2) is 0 Å². The second-order valence-corrected chi connectivity index (χ2v) is 9.21. The van der Waals surface area contributed by atoms with Crippen LogP contribution in [0.2, 0.25) is 0 Å². The molecule has 0 aromatic heterocycles. The first-order valence-electron chi connectivity index (χ1n) is 9.47. The van der Waals surface area contributed by atoms with Crippen molar-refractivity contribution >= 4 is 15.9 Å².